The van der Waals surface area contributed by atoms with Crippen LogP contribution in [-0.2, 0) is 16.1 Å². The average Bonchev–Trinajstić information content (AvgIpc) is 2.02. The lowest BCUT2D eigenvalue weighted by Gasteiger charge is -2.04. The lowest BCUT2D eigenvalue weighted by Crippen LogP contribution is -2.06. The number of esters is 1. The summed E-state index contributed by atoms with van der Waals surface area (Å²) in [6.45, 7) is 1.38. The molecule has 0 radical (unpaired) electrons. The molecule has 0 atom stereocenters. The number of nitrogens with two attached hydrogens (primary N) is 2. The molecule has 0 fully saturated rings. The zero-order valence-electron chi connectivity index (χ0n) is 7.15. The second-order valence-electron chi connectivity index (χ2n) is 2.42. The summed E-state index contributed by atoms with van der Waals surface area (Å²) in [6.07, 6.45) is 1.43. The molecule has 0 saturated heterocycles. The first-order valence-electron chi connectivity index (χ1n) is 3.60. The topological polar surface area (TPSA) is 104 Å². The number of nitrogen functional groups attached to an aromatic ring is 2. The quantitative estimate of drug-likeness (QED) is 0.608. The summed E-state index contributed by atoms with van der Waals surface area (Å²) < 4.78 is 4.71. The molecule has 0 aliphatic heterocycles. The summed E-state index contributed by atoms with van der Waals surface area (Å²) in [6, 6.07) is 0. The van der Waals surface area contributed by atoms with Crippen LogP contribution in [0.5, 0.6) is 0 Å². The molecule has 1 heterocycles. The highest BCUT2D eigenvalue weighted by Crippen LogP contribution is 2.09. The minimum Gasteiger partial charge on any atom is -0.461 e. The highest BCUT2D eigenvalue weighted by Gasteiger charge is 2.03. The van der Waals surface area contributed by atoms with Crippen molar-refractivity contribution in [3.8, 4) is 0 Å². The van der Waals surface area contributed by atoms with Gasteiger partial charge in [0.2, 0.25) is 5.95 Å². The Bertz CT molecular complexity index is 326. The number of ether oxygens (including phenoxy) is 1. The van der Waals surface area contributed by atoms with Crippen molar-refractivity contribution in [1.29, 1.82) is 0 Å². The third-order valence-electron chi connectivity index (χ3n) is 1.35. The molecule has 0 aliphatic carbocycles. The fourth-order valence-corrected chi connectivity index (χ4v) is 0.725. The first kappa shape index (κ1) is 9.24. The fourth-order valence-electron chi connectivity index (χ4n) is 0.725. The average molecular weight is 182 g/mol. The Hall–Kier alpha value is -1.85. The summed E-state index contributed by atoms with van der Waals surface area (Å²) >= 11 is 0. The monoisotopic (exact) mass is 182 g/mol. The Morgan fingerprint density at radius 2 is 2.31 bits per heavy atom. The van der Waals surface area contributed by atoms with Gasteiger partial charge in [-0.15, -0.1) is 0 Å². The summed E-state index contributed by atoms with van der Waals surface area (Å²) in [5, 5.41) is 0. The zero-order chi connectivity index (χ0) is 9.84. The highest BCUT2D eigenvalue weighted by molar-refractivity contribution is 5.66. The predicted octanol–water partition coefficient (Wildman–Crippen LogP) is -0.296. The van der Waals surface area contributed by atoms with E-state index >= 15 is 0 Å². The molecule has 0 spiro atoms. The zero-order valence-corrected chi connectivity index (χ0v) is 7.15. The number of rotatable bonds is 2. The van der Waals surface area contributed by atoms with Crippen LogP contribution in [-0.4, -0.2) is 15.9 Å². The molecule has 0 aromatic carbocycles. The van der Waals surface area contributed by atoms with Crippen LogP contribution in [0.1, 0.15) is 12.5 Å². The maximum Gasteiger partial charge on any atom is 0.302 e. The molecule has 0 saturated carbocycles. The van der Waals surface area contributed by atoms with Crippen LogP contribution < -0.4 is 11.5 Å². The standard InChI is InChI=1S/C7H10N4O2/c1-4(12)13-3-5-2-10-7(9)11-6(5)8/h2H,3H2,1H3,(H4,8,9,10,11). The van der Waals surface area contributed by atoms with Gasteiger partial charge in [0.15, 0.2) is 0 Å². The largest absolute Gasteiger partial charge is 0.461 e. The molecular weight excluding hydrogens is 172 g/mol. The Labute approximate surface area is 74.9 Å². The molecule has 0 aliphatic rings. The van der Waals surface area contributed by atoms with Gasteiger partial charge < -0.3 is 16.2 Å². The van der Waals surface area contributed by atoms with Gasteiger partial charge in [-0.3, -0.25) is 4.79 Å². The van der Waals surface area contributed by atoms with Gasteiger partial charge in [-0.1, -0.05) is 0 Å². The summed E-state index contributed by atoms with van der Waals surface area (Å²) in [5.74, 6) is -0.0472. The van der Waals surface area contributed by atoms with Gasteiger partial charge in [0.1, 0.15) is 12.4 Å². The van der Waals surface area contributed by atoms with Crippen LogP contribution in [0.25, 0.3) is 0 Å². The lowest BCUT2D eigenvalue weighted by atomic mass is 10.3. The van der Waals surface area contributed by atoms with E-state index in [1.165, 1.54) is 13.1 Å². The SMILES string of the molecule is CC(=O)OCc1cnc(N)nc1N. The van der Waals surface area contributed by atoms with Crippen molar-refractivity contribution < 1.29 is 9.53 Å². The van der Waals surface area contributed by atoms with E-state index in [1.807, 2.05) is 0 Å². The van der Waals surface area contributed by atoms with Gasteiger partial charge in [-0.25, -0.2) is 4.98 Å². The van der Waals surface area contributed by atoms with Crippen molar-refractivity contribution in [3.05, 3.63) is 11.8 Å². The maximum absolute atomic E-state index is 10.5. The van der Waals surface area contributed by atoms with Crippen molar-refractivity contribution >= 4 is 17.7 Å². The molecule has 1 rings (SSSR count). The van der Waals surface area contributed by atoms with Crippen molar-refractivity contribution in [2.45, 2.75) is 13.5 Å². The fraction of sp³-hybridized carbons (Fsp3) is 0.286. The summed E-state index contributed by atoms with van der Waals surface area (Å²) in [4.78, 5) is 17.9. The summed E-state index contributed by atoms with van der Waals surface area (Å²) in [5.41, 5.74) is 11.3. The Balaban J connectivity index is 2.72. The molecule has 1 aromatic rings. The molecule has 0 unspecified atom stereocenters. The second-order valence-corrected chi connectivity index (χ2v) is 2.42. The van der Waals surface area contributed by atoms with E-state index in [2.05, 4.69) is 9.97 Å². The predicted molar refractivity (Wildman–Crippen MR) is 46.3 cm³/mol. The number of hydrogen-bond acceptors (Lipinski definition) is 6. The molecule has 4 N–H and O–H groups in total. The number of carbonyl (C=O) groups is 1. The Morgan fingerprint density at radius 3 is 2.85 bits per heavy atom. The van der Waals surface area contributed by atoms with Crippen LogP contribution in [0, 0.1) is 0 Å². The lowest BCUT2D eigenvalue weighted by molar-refractivity contribution is -0.142. The van der Waals surface area contributed by atoms with Crippen molar-refractivity contribution in [1.82, 2.24) is 9.97 Å². The smallest absolute Gasteiger partial charge is 0.302 e. The Kier molecular flexibility index (Phi) is 2.63. The Morgan fingerprint density at radius 1 is 1.62 bits per heavy atom. The van der Waals surface area contributed by atoms with Gasteiger partial charge in [-0.2, -0.15) is 4.98 Å². The van der Waals surface area contributed by atoms with Crippen LogP contribution in [0.2, 0.25) is 0 Å². The second kappa shape index (κ2) is 3.70. The molecule has 0 amide bonds. The molecule has 13 heavy (non-hydrogen) atoms. The molecule has 6 heteroatoms. The third kappa shape index (κ3) is 2.58. The molecule has 70 valence electrons. The van der Waals surface area contributed by atoms with E-state index in [4.69, 9.17) is 16.2 Å². The molecular formula is C7H10N4O2. The van der Waals surface area contributed by atoms with Crippen molar-refractivity contribution in [3.63, 3.8) is 0 Å². The minimum absolute atomic E-state index is 0.0709. The third-order valence-corrected chi connectivity index (χ3v) is 1.35. The van der Waals surface area contributed by atoms with Crippen LogP contribution in [0.3, 0.4) is 0 Å². The molecule has 0 bridgehead atoms. The summed E-state index contributed by atoms with van der Waals surface area (Å²) in [7, 11) is 0. The van der Waals surface area contributed by atoms with E-state index in [0.717, 1.165) is 0 Å². The van der Waals surface area contributed by atoms with Gasteiger partial charge >= 0.3 is 5.97 Å². The first-order chi connectivity index (χ1) is 6.09. The van der Waals surface area contributed by atoms with E-state index in [9.17, 15) is 4.79 Å². The number of anilines is 2. The van der Waals surface area contributed by atoms with Gasteiger partial charge in [0, 0.05) is 13.1 Å². The maximum atomic E-state index is 10.5. The van der Waals surface area contributed by atoms with E-state index < -0.39 is 0 Å². The highest BCUT2D eigenvalue weighted by atomic mass is 16.5. The number of hydrogen-bond donors (Lipinski definition) is 2. The van der Waals surface area contributed by atoms with Gasteiger partial charge in [0.05, 0.1) is 5.56 Å². The van der Waals surface area contributed by atoms with E-state index in [-0.39, 0.29) is 24.3 Å². The van der Waals surface area contributed by atoms with E-state index in [0.29, 0.717) is 5.56 Å². The first-order valence-corrected chi connectivity index (χ1v) is 3.60. The molecule has 1 aromatic heterocycles. The number of carbonyl (C=O) groups excluding carboxylic acids is 1. The number of aromatic nitrogens is 2. The van der Waals surface area contributed by atoms with Gasteiger partial charge in [-0.05, 0) is 0 Å². The van der Waals surface area contributed by atoms with E-state index in [1.54, 1.807) is 0 Å². The van der Waals surface area contributed by atoms with Crippen molar-refractivity contribution in [2.75, 3.05) is 11.5 Å². The van der Waals surface area contributed by atoms with Crippen molar-refractivity contribution in [2.24, 2.45) is 0 Å². The van der Waals surface area contributed by atoms with Crippen LogP contribution >= 0.6 is 0 Å². The minimum atomic E-state index is -0.378. The van der Waals surface area contributed by atoms with Crippen LogP contribution in [0.4, 0.5) is 11.8 Å². The molecule has 6 nitrogen and oxygen atoms in total. The van der Waals surface area contributed by atoms with Gasteiger partial charge in [0.25, 0.3) is 0 Å². The normalized spacial score (nSPS) is 9.62. The number of nitrogens with zero attached hydrogens (tertiary/aromatic N) is 2. The van der Waals surface area contributed by atoms with Crippen LogP contribution in [0.15, 0.2) is 6.20 Å².